The summed E-state index contributed by atoms with van der Waals surface area (Å²) < 4.78 is 108. The number of aryl methyl sites for hydroxylation is 1. The summed E-state index contributed by atoms with van der Waals surface area (Å²) in [5.41, 5.74) is -5.31. The van der Waals surface area contributed by atoms with E-state index in [2.05, 4.69) is 15.4 Å². The number of rotatable bonds is 5. The van der Waals surface area contributed by atoms with E-state index in [-0.39, 0.29) is 26.2 Å². The number of hydrogen-bond donors (Lipinski definition) is 1. The molecular formula is C20H13ClF8N4OS. The summed E-state index contributed by atoms with van der Waals surface area (Å²) in [6, 6.07) is 4.27. The van der Waals surface area contributed by atoms with E-state index < -0.39 is 46.1 Å². The van der Waals surface area contributed by atoms with Gasteiger partial charge in [-0.1, -0.05) is 17.7 Å². The summed E-state index contributed by atoms with van der Waals surface area (Å²) in [6.45, 7) is 0. The van der Waals surface area contributed by atoms with Crippen molar-refractivity contribution in [3.8, 4) is 21.1 Å². The second-order valence-electron chi connectivity index (χ2n) is 7.74. The Kier molecular flexibility index (Phi) is 6.11. The molecule has 1 aromatic carbocycles. The molecule has 1 saturated carbocycles. The lowest BCUT2D eigenvalue weighted by Crippen LogP contribution is -2.36. The number of thiazole rings is 1. The van der Waals surface area contributed by atoms with E-state index in [1.807, 2.05) is 0 Å². The zero-order chi connectivity index (χ0) is 25.9. The van der Waals surface area contributed by atoms with Crippen molar-refractivity contribution in [2.45, 2.75) is 37.2 Å². The minimum Gasteiger partial charge on any atom is -0.349 e. The highest BCUT2D eigenvalue weighted by Gasteiger charge is 2.64. The van der Waals surface area contributed by atoms with Crippen molar-refractivity contribution < 1.29 is 39.9 Å². The van der Waals surface area contributed by atoms with Crippen LogP contribution in [0.3, 0.4) is 0 Å². The van der Waals surface area contributed by atoms with Gasteiger partial charge in [0, 0.05) is 19.3 Å². The van der Waals surface area contributed by atoms with Crippen molar-refractivity contribution in [1.82, 2.24) is 20.1 Å². The highest BCUT2D eigenvalue weighted by molar-refractivity contribution is 7.18. The van der Waals surface area contributed by atoms with Crippen LogP contribution in [0.1, 0.15) is 34.5 Å². The minimum atomic E-state index is -6.30. The number of hydrogen-bond acceptors (Lipinski definition) is 4. The fourth-order valence-corrected chi connectivity index (χ4v) is 4.45. The number of carbonyl (C=O) groups is 1. The van der Waals surface area contributed by atoms with Gasteiger partial charge in [0.2, 0.25) is 0 Å². The molecule has 35 heavy (non-hydrogen) atoms. The van der Waals surface area contributed by atoms with Gasteiger partial charge in [0.05, 0.1) is 15.5 Å². The lowest BCUT2D eigenvalue weighted by atomic mass is 10.1. The first-order valence-electron chi connectivity index (χ1n) is 9.77. The second kappa shape index (κ2) is 8.43. The van der Waals surface area contributed by atoms with E-state index in [1.54, 1.807) is 0 Å². The molecule has 1 N–H and O–H groups in total. The molecule has 0 atom stereocenters. The molecule has 5 nitrogen and oxygen atoms in total. The predicted octanol–water partition coefficient (Wildman–Crippen LogP) is 6.43. The van der Waals surface area contributed by atoms with Gasteiger partial charge in [0.15, 0.2) is 5.69 Å². The first kappa shape index (κ1) is 25.4. The number of nitrogens with zero attached hydrogens (tertiary/aromatic N) is 3. The molecule has 1 amide bonds. The summed E-state index contributed by atoms with van der Waals surface area (Å²) in [5, 5.41) is 5.26. The van der Waals surface area contributed by atoms with Crippen molar-refractivity contribution in [2.75, 3.05) is 0 Å². The van der Waals surface area contributed by atoms with Crippen LogP contribution in [0.2, 0.25) is 5.02 Å². The van der Waals surface area contributed by atoms with Crippen LogP contribution in [-0.4, -0.2) is 32.9 Å². The van der Waals surface area contributed by atoms with Crippen molar-refractivity contribution in [2.24, 2.45) is 7.05 Å². The van der Waals surface area contributed by atoms with Gasteiger partial charge in [0.25, 0.3) is 5.91 Å². The number of alkyl halides is 8. The number of nitrogens with one attached hydrogen (secondary N) is 1. The Balaban J connectivity index is 1.79. The molecule has 1 aliphatic carbocycles. The first-order valence-corrected chi connectivity index (χ1v) is 11.0. The van der Waals surface area contributed by atoms with Crippen LogP contribution in [-0.2, 0) is 19.1 Å². The lowest BCUT2D eigenvalue weighted by molar-refractivity contribution is -0.292. The molecule has 0 bridgehead atoms. The van der Waals surface area contributed by atoms with E-state index >= 15 is 0 Å². The average molecular weight is 545 g/mol. The Hall–Kier alpha value is -2.74. The fourth-order valence-electron chi connectivity index (χ4n) is 3.25. The minimum absolute atomic E-state index is 0.0342. The molecule has 15 heteroatoms. The number of halogens is 9. The van der Waals surface area contributed by atoms with Crippen molar-refractivity contribution >= 4 is 28.8 Å². The summed E-state index contributed by atoms with van der Waals surface area (Å²) in [7, 11) is 0.810. The van der Waals surface area contributed by atoms with E-state index in [0.717, 1.165) is 26.1 Å². The Morgan fingerprint density at radius 3 is 2.37 bits per heavy atom. The maximum absolute atomic E-state index is 13.9. The quantitative estimate of drug-likeness (QED) is 0.377. The Morgan fingerprint density at radius 2 is 1.80 bits per heavy atom. The molecule has 0 saturated heterocycles. The monoisotopic (exact) mass is 544 g/mol. The zero-order valence-corrected chi connectivity index (χ0v) is 18.9. The van der Waals surface area contributed by atoms with Gasteiger partial charge in [0.1, 0.15) is 16.3 Å². The van der Waals surface area contributed by atoms with E-state index in [9.17, 15) is 39.9 Å². The molecule has 0 unspecified atom stereocenters. The topological polar surface area (TPSA) is 59.8 Å². The average Bonchev–Trinajstić information content (AvgIpc) is 3.27. The summed E-state index contributed by atoms with van der Waals surface area (Å²) in [4.78, 5) is 16.4. The predicted molar refractivity (Wildman–Crippen MR) is 110 cm³/mol. The third-order valence-electron chi connectivity index (χ3n) is 5.10. The van der Waals surface area contributed by atoms with Crippen LogP contribution in [0.4, 0.5) is 35.1 Å². The standard InChI is InChI=1S/C20H13ClF8N4OS/c1-33-14(13(19(24,25)26)15(32-33)18(22,23)20(27,28)29)17-30-7-12(35-17)8-2-5-11(21)10(6-8)16(34)31-9-3-4-9/h2,5-7,9H,3-4H2,1H3,(H,31,34). The molecule has 1 fully saturated rings. The lowest BCUT2D eigenvalue weighted by Gasteiger charge is -2.19. The molecule has 3 aromatic rings. The Labute approximate surface area is 200 Å². The molecule has 188 valence electrons. The molecule has 2 aromatic heterocycles. The molecule has 0 radical (unpaired) electrons. The summed E-state index contributed by atoms with van der Waals surface area (Å²) in [5.74, 6) is -6.30. The van der Waals surface area contributed by atoms with Crippen LogP contribution >= 0.6 is 22.9 Å². The van der Waals surface area contributed by atoms with Crippen molar-refractivity contribution in [1.29, 1.82) is 0 Å². The largest absolute Gasteiger partial charge is 0.459 e. The smallest absolute Gasteiger partial charge is 0.349 e. The Morgan fingerprint density at radius 1 is 1.14 bits per heavy atom. The van der Waals surface area contributed by atoms with Crippen LogP contribution in [0.25, 0.3) is 21.1 Å². The third-order valence-corrected chi connectivity index (χ3v) is 6.48. The number of benzene rings is 1. The molecule has 2 heterocycles. The van der Waals surface area contributed by atoms with Gasteiger partial charge in [-0.15, -0.1) is 11.3 Å². The van der Waals surface area contributed by atoms with Crippen LogP contribution in [0.15, 0.2) is 24.4 Å². The highest BCUT2D eigenvalue weighted by Crippen LogP contribution is 2.50. The third kappa shape index (κ3) is 4.73. The van der Waals surface area contributed by atoms with Crippen molar-refractivity contribution in [3.63, 3.8) is 0 Å². The van der Waals surface area contributed by atoms with Gasteiger partial charge in [-0.05, 0) is 30.5 Å². The van der Waals surface area contributed by atoms with Crippen LogP contribution < -0.4 is 5.32 Å². The van der Waals surface area contributed by atoms with Crippen LogP contribution in [0, 0.1) is 0 Å². The normalized spacial score (nSPS) is 14.9. The van der Waals surface area contributed by atoms with Gasteiger partial charge in [-0.3, -0.25) is 9.48 Å². The molecule has 0 spiro atoms. The van der Waals surface area contributed by atoms with Crippen molar-refractivity contribution in [3.05, 3.63) is 46.2 Å². The molecular weight excluding hydrogens is 532 g/mol. The Bertz CT molecular complexity index is 1290. The fraction of sp³-hybridized carbons (Fsp3) is 0.350. The van der Waals surface area contributed by atoms with Gasteiger partial charge in [-0.25, -0.2) is 4.98 Å². The number of aromatic nitrogens is 3. The van der Waals surface area contributed by atoms with E-state index in [4.69, 9.17) is 11.6 Å². The second-order valence-corrected chi connectivity index (χ2v) is 9.18. The maximum atomic E-state index is 13.9. The molecule has 4 rings (SSSR count). The van der Waals surface area contributed by atoms with E-state index in [1.165, 1.54) is 18.2 Å². The number of carbonyl (C=O) groups excluding carboxylic acids is 1. The highest BCUT2D eigenvalue weighted by atomic mass is 35.5. The first-order chi connectivity index (χ1) is 16.1. The van der Waals surface area contributed by atoms with E-state index in [0.29, 0.717) is 16.9 Å². The molecule has 1 aliphatic rings. The van der Waals surface area contributed by atoms with Gasteiger partial charge >= 0.3 is 18.3 Å². The SMILES string of the molecule is Cn1nc(C(F)(F)C(F)(F)F)c(C(F)(F)F)c1-c1ncc(-c2ccc(Cl)c(C(=O)NC3CC3)c2)s1. The summed E-state index contributed by atoms with van der Waals surface area (Å²) in [6.07, 6.45) is -9.13. The molecule has 0 aliphatic heterocycles. The van der Waals surface area contributed by atoms with Gasteiger partial charge < -0.3 is 5.32 Å². The maximum Gasteiger partial charge on any atom is 0.459 e. The summed E-state index contributed by atoms with van der Waals surface area (Å²) >= 11 is 6.68. The number of amides is 1. The van der Waals surface area contributed by atoms with Gasteiger partial charge in [-0.2, -0.15) is 40.2 Å². The zero-order valence-electron chi connectivity index (χ0n) is 17.4. The van der Waals surface area contributed by atoms with Crippen LogP contribution in [0.5, 0.6) is 0 Å².